The zero-order valence-electron chi connectivity index (χ0n) is 11.8. The minimum absolute atomic E-state index is 0.0417. The quantitative estimate of drug-likeness (QED) is 0.815. The van der Waals surface area contributed by atoms with Crippen molar-refractivity contribution in [3.8, 4) is 0 Å². The van der Waals surface area contributed by atoms with E-state index in [1.165, 1.54) is 0 Å². The SMILES string of the molecule is Cc1cc(N)ccc1C(=O)N1CCC(CC(N)=O)CC1. The standard InChI is InChI=1S/C15H21N3O2/c1-10-8-12(16)2-3-13(10)15(20)18-6-4-11(5-7-18)9-14(17)19/h2-3,8,11H,4-7,9,16H2,1H3,(H2,17,19). The van der Waals surface area contributed by atoms with Crippen LogP contribution in [-0.2, 0) is 4.79 Å². The summed E-state index contributed by atoms with van der Waals surface area (Å²) in [5.74, 6) is 0.0910. The van der Waals surface area contributed by atoms with E-state index in [1.807, 2.05) is 17.9 Å². The number of nitrogens with zero attached hydrogens (tertiary/aromatic N) is 1. The minimum Gasteiger partial charge on any atom is -0.399 e. The summed E-state index contributed by atoms with van der Waals surface area (Å²) in [6.07, 6.45) is 2.09. The molecule has 2 rings (SSSR count). The Hall–Kier alpha value is -2.04. The van der Waals surface area contributed by atoms with Gasteiger partial charge >= 0.3 is 0 Å². The van der Waals surface area contributed by atoms with Gasteiger partial charge in [-0.05, 0) is 49.4 Å². The fourth-order valence-electron chi connectivity index (χ4n) is 2.72. The minimum atomic E-state index is -0.260. The number of benzene rings is 1. The molecule has 0 atom stereocenters. The third-order valence-corrected chi connectivity index (χ3v) is 3.87. The van der Waals surface area contributed by atoms with Gasteiger partial charge in [-0.1, -0.05) is 0 Å². The van der Waals surface area contributed by atoms with Crippen molar-refractivity contribution in [3.63, 3.8) is 0 Å². The van der Waals surface area contributed by atoms with Crippen molar-refractivity contribution in [1.29, 1.82) is 0 Å². The summed E-state index contributed by atoms with van der Waals surface area (Å²) in [5.41, 5.74) is 13.2. The van der Waals surface area contributed by atoms with E-state index in [0.717, 1.165) is 18.4 Å². The number of likely N-dealkylation sites (tertiary alicyclic amines) is 1. The molecule has 1 saturated heterocycles. The Labute approximate surface area is 118 Å². The normalized spacial score (nSPS) is 16.1. The Kier molecular flexibility index (Phi) is 4.27. The van der Waals surface area contributed by atoms with Crippen LogP contribution in [0.2, 0.25) is 0 Å². The molecular weight excluding hydrogens is 254 g/mol. The Morgan fingerprint density at radius 3 is 2.50 bits per heavy atom. The number of carbonyl (C=O) groups excluding carboxylic acids is 2. The van der Waals surface area contributed by atoms with Crippen LogP contribution in [0.25, 0.3) is 0 Å². The zero-order chi connectivity index (χ0) is 14.7. The first-order valence-corrected chi connectivity index (χ1v) is 6.91. The van der Waals surface area contributed by atoms with E-state index in [0.29, 0.717) is 36.7 Å². The Balaban J connectivity index is 1.99. The van der Waals surface area contributed by atoms with Gasteiger partial charge in [0.2, 0.25) is 5.91 Å². The second-order valence-electron chi connectivity index (χ2n) is 5.48. The van der Waals surface area contributed by atoms with Crippen LogP contribution in [0, 0.1) is 12.8 Å². The molecular formula is C15H21N3O2. The maximum atomic E-state index is 12.5. The molecule has 5 heteroatoms. The Morgan fingerprint density at radius 1 is 1.30 bits per heavy atom. The number of rotatable bonds is 3. The highest BCUT2D eigenvalue weighted by Crippen LogP contribution is 2.23. The number of amides is 2. The largest absolute Gasteiger partial charge is 0.399 e. The second kappa shape index (κ2) is 5.94. The first-order chi connectivity index (χ1) is 9.47. The van der Waals surface area contributed by atoms with Gasteiger partial charge in [-0.3, -0.25) is 9.59 Å². The number of nitrogens with two attached hydrogens (primary N) is 2. The van der Waals surface area contributed by atoms with Gasteiger partial charge in [-0.15, -0.1) is 0 Å². The van der Waals surface area contributed by atoms with Crippen LogP contribution >= 0.6 is 0 Å². The molecule has 108 valence electrons. The van der Waals surface area contributed by atoms with Crippen molar-refractivity contribution >= 4 is 17.5 Å². The van der Waals surface area contributed by atoms with Crippen molar-refractivity contribution in [2.24, 2.45) is 11.7 Å². The van der Waals surface area contributed by atoms with Gasteiger partial charge in [0.05, 0.1) is 0 Å². The summed E-state index contributed by atoms with van der Waals surface area (Å²) >= 11 is 0. The Morgan fingerprint density at radius 2 is 1.95 bits per heavy atom. The molecule has 2 amide bonds. The summed E-state index contributed by atoms with van der Waals surface area (Å²) in [7, 11) is 0. The van der Waals surface area contributed by atoms with E-state index in [4.69, 9.17) is 11.5 Å². The maximum absolute atomic E-state index is 12.5. The number of hydrogen-bond acceptors (Lipinski definition) is 3. The molecule has 1 aliphatic rings. The van der Waals surface area contributed by atoms with Crippen LogP contribution in [0.1, 0.15) is 35.2 Å². The number of hydrogen-bond donors (Lipinski definition) is 2. The first-order valence-electron chi connectivity index (χ1n) is 6.91. The average Bonchev–Trinajstić information content (AvgIpc) is 2.38. The lowest BCUT2D eigenvalue weighted by atomic mass is 9.92. The van der Waals surface area contributed by atoms with Crippen molar-refractivity contribution in [2.45, 2.75) is 26.2 Å². The van der Waals surface area contributed by atoms with Crippen LogP contribution < -0.4 is 11.5 Å². The molecule has 1 aromatic carbocycles. The van der Waals surface area contributed by atoms with Crippen molar-refractivity contribution in [2.75, 3.05) is 18.8 Å². The van der Waals surface area contributed by atoms with Gasteiger partial charge in [-0.2, -0.15) is 0 Å². The fraction of sp³-hybridized carbons (Fsp3) is 0.467. The lowest BCUT2D eigenvalue weighted by Crippen LogP contribution is -2.39. The summed E-state index contributed by atoms with van der Waals surface area (Å²) in [5, 5.41) is 0. The fourth-order valence-corrected chi connectivity index (χ4v) is 2.72. The molecule has 5 nitrogen and oxygen atoms in total. The third-order valence-electron chi connectivity index (χ3n) is 3.87. The van der Waals surface area contributed by atoms with Gasteiger partial charge in [0, 0.05) is 30.8 Å². The summed E-state index contributed by atoms with van der Waals surface area (Å²) in [4.78, 5) is 25.2. The molecule has 0 saturated carbocycles. The van der Waals surface area contributed by atoms with Crippen LogP contribution in [0.15, 0.2) is 18.2 Å². The molecule has 20 heavy (non-hydrogen) atoms. The van der Waals surface area contributed by atoms with E-state index in [1.54, 1.807) is 12.1 Å². The van der Waals surface area contributed by atoms with Crippen molar-refractivity contribution in [1.82, 2.24) is 4.90 Å². The van der Waals surface area contributed by atoms with Gasteiger partial charge in [-0.25, -0.2) is 0 Å². The number of primary amides is 1. The van der Waals surface area contributed by atoms with Crippen LogP contribution in [0.5, 0.6) is 0 Å². The van der Waals surface area contributed by atoms with E-state index < -0.39 is 0 Å². The summed E-state index contributed by atoms with van der Waals surface area (Å²) in [6, 6.07) is 5.34. The van der Waals surface area contributed by atoms with E-state index >= 15 is 0 Å². The van der Waals surface area contributed by atoms with Crippen molar-refractivity contribution < 1.29 is 9.59 Å². The molecule has 0 bridgehead atoms. The lowest BCUT2D eigenvalue weighted by molar-refractivity contribution is -0.119. The number of piperidine rings is 1. The molecule has 1 aromatic rings. The van der Waals surface area contributed by atoms with Gasteiger partial charge < -0.3 is 16.4 Å². The summed E-state index contributed by atoms with van der Waals surface area (Å²) < 4.78 is 0. The van der Waals surface area contributed by atoms with Crippen molar-refractivity contribution in [3.05, 3.63) is 29.3 Å². The first kappa shape index (κ1) is 14.4. The Bertz CT molecular complexity index is 520. The number of carbonyl (C=O) groups is 2. The summed E-state index contributed by atoms with van der Waals surface area (Å²) in [6.45, 7) is 3.25. The lowest BCUT2D eigenvalue weighted by Gasteiger charge is -2.32. The monoisotopic (exact) mass is 275 g/mol. The molecule has 0 spiro atoms. The molecule has 0 radical (unpaired) electrons. The van der Waals surface area contributed by atoms with E-state index in [2.05, 4.69) is 0 Å². The zero-order valence-corrected chi connectivity index (χ0v) is 11.8. The highest BCUT2D eigenvalue weighted by Gasteiger charge is 2.25. The molecule has 4 N–H and O–H groups in total. The number of anilines is 1. The smallest absolute Gasteiger partial charge is 0.254 e. The molecule has 1 heterocycles. The number of aryl methyl sites for hydroxylation is 1. The third kappa shape index (κ3) is 3.29. The molecule has 0 aromatic heterocycles. The van der Waals surface area contributed by atoms with Gasteiger partial charge in [0.25, 0.3) is 5.91 Å². The molecule has 0 aliphatic carbocycles. The van der Waals surface area contributed by atoms with E-state index in [9.17, 15) is 9.59 Å². The van der Waals surface area contributed by atoms with Crippen LogP contribution in [0.3, 0.4) is 0 Å². The maximum Gasteiger partial charge on any atom is 0.254 e. The highest BCUT2D eigenvalue weighted by molar-refractivity contribution is 5.96. The number of nitrogen functional groups attached to an aromatic ring is 1. The predicted octanol–water partition coefficient (Wildman–Crippen LogP) is 1.30. The van der Waals surface area contributed by atoms with Gasteiger partial charge in [0.1, 0.15) is 0 Å². The second-order valence-corrected chi connectivity index (χ2v) is 5.48. The topological polar surface area (TPSA) is 89.4 Å². The molecule has 1 fully saturated rings. The predicted molar refractivity (Wildman–Crippen MR) is 78.0 cm³/mol. The molecule has 0 unspecified atom stereocenters. The molecule has 1 aliphatic heterocycles. The average molecular weight is 275 g/mol. The van der Waals surface area contributed by atoms with E-state index in [-0.39, 0.29) is 11.8 Å². The highest BCUT2D eigenvalue weighted by atomic mass is 16.2. The van der Waals surface area contributed by atoms with Crippen LogP contribution in [0.4, 0.5) is 5.69 Å². The van der Waals surface area contributed by atoms with Crippen LogP contribution in [-0.4, -0.2) is 29.8 Å². The van der Waals surface area contributed by atoms with Gasteiger partial charge in [0.15, 0.2) is 0 Å².